The summed E-state index contributed by atoms with van der Waals surface area (Å²) in [5.74, 6) is 1.39. The van der Waals surface area contributed by atoms with Gasteiger partial charge >= 0.3 is 0 Å². The average molecular weight is 222 g/mol. The van der Waals surface area contributed by atoms with Crippen molar-refractivity contribution in [2.45, 2.75) is 59.3 Å². The van der Waals surface area contributed by atoms with Gasteiger partial charge in [0.25, 0.3) is 0 Å². The third kappa shape index (κ3) is 0.978. The molecule has 0 heterocycles. The molecular formula is C15H26O. The molecular weight excluding hydrogens is 196 g/mol. The minimum absolute atomic E-state index is 0.423. The molecule has 0 aromatic heterocycles. The largest absolute Gasteiger partial charge is 0.396 e. The first-order valence-corrected chi connectivity index (χ1v) is 7.08. The number of hydrogen-bond acceptors (Lipinski definition) is 1. The van der Waals surface area contributed by atoms with Crippen LogP contribution < -0.4 is 0 Å². The molecule has 0 radical (unpaired) electrons. The molecule has 0 aromatic carbocycles. The van der Waals surface area contributed by atoms with Gasteiger partial charge < -0.3 is 5.11 Å². The first-order valence-electron chi connectivity index (χ1n) is 7.08. The van der Waals surface area contributed by atoms with Crippen molar-refractivity contribution < 1.29 is 5.11 Å². The van der Waals surface area contributed by atoms with Crippen LogP contribution in [0.4, 0.5) is 0 Å². The Labute approximate surface area is 99.6 Å². The Kier molecular flexibility index (Phi) is 2.11. The summed E-state index contributed by atoms with van der Waals surface area (Å²) in [5, 5.41) is 9.61. The standard InChI is InChI=1S/C15H26O/c1-13-8-5-11(10-16)12(9-13)14(2)6-4-7-15(13,14)3/h11-12,16H,4-10H2,1-3H3/t11-,12+,13+,14-,15+/m0/s1. The van der Waals surface area contributed by atoms with Crippen molar-refractivity contribution in [3.63, 3.8) is 0 Å². The second kappa shape index (κ2) is 3.04. The Morgan fingerprint density at radius 2 is 1.88 bits per heavy atom. The highest BCUT2D eigenvalue weighted by atomic mass is 16.3. The van der Waals surface area contributed by atoms with Crippen molar-refractivity contribution in [1.82, 2.24) is 0 Å². The van der Waals surface area contributed by atoms with Crippen LogP contribution in [0.25, 0.3) is 0 Å². The Hall–Kier alpha value is -0.0400. The predicted octanol–water partition coefficient (Wildman–Crippen LogP) is 3.61. The van der Waals surface area contributed by atoms with E-state index in [2.05, 4.69) is 20.8 Å². The van der Waals surface area contributed by atoms with Gasteiger partial charge in [0, 0.05) is 6.61 Å². The lowest BCUT2D eigenvalue weighted by Crippen LogP contribution is -2.38. The quantitative estimate of drug-likeness (QED) is 0.718. The van der Waals surface area contributed by atoms with Crippen LogP contribution in [-0.2, 0) is 0 Å². The van der Waals surface area contributed by atoms with Crippen molar-refractivity contribution in [2.75, 3.05) is 6.61 Å². The topological polar surface area (TPSA) is 20.2 Å². The van der Waals surface area contributed by atoms with Gasteiger partial charge in [-0.15, -0.1) is 0 Å². The van der Waals surface area contributed by atoms with Gasteiger partial charge in [-0.2, -0.15) is 0 Å². The zero-order valence-electron chi connectivity index (χ0n) is 11.1. The molecule has 16 heavy (non-hydrogen) atoms. The first kappa shape index (κ1) is 11.1. The number of aliphatic hydroxyl groups is 1. The van der Waals surface area contributed by atoms with E-state index in [1.807, 2.05) is 0 Å². The van der Waals surface area contributed by atoms with Gasteiger partial charge in [-0.1, -0.05) is 27.2 Å². The summed E-state index contributed by atoms with van der Waals surface area (Å²) in [4.78, 5) is 0. The summed E-state index contributed by atoms with van der Waals surface area (Å²) in [6.07, 6.45) is 8.24. The van der Waals surface area contributed by atoms with Gasteiger partial charge in [-0.25, -0.2) is 0 Å². The number of aliphatic hydroxyl groups excluding tert-OH is 1. The van der Waals surface area contributed by atoms with Crippen LogP contribution in [0.2, 0.25) is 0 Å². The molecule has 5 atom stereocenters. The van der Waals surface area contributed by atoms with Gasteiger partial charge in [0.15, 0.2) is 0 Å². The normalized spacial score (nSPS) is 60.0. The van der Waals surface area contributed by atoms with Crippen molar-refractivity contribution in [1.29, 1.82) is 0 Å². The Bertz CT molecular complexity index is 313. The minimum atomic E-state index is 0.423. The highest BCUT2D eigenvalue weighted by Gasteiger charge is 2.69. The summed E-state index contributed by atoms with van der Waals surface area (Å²) in [5.41, 5.74) is 1.63. The van der Waals surface area contributed by atoms with E-state index in [4.69, 9.17) is 0 Å². The molecule has 0 aliphatic heterocycles. The third-order valence-corrected chi connectivity index (χ3v) is 7.32. The van der Waals surface area contributed by atoms with E-state index >= 15 is 0 Å². The smallest absolute Gasteiger partial charge is 0.0462 e. The number of hydrogen-bond donors (Lipinski definition) is 1. The van der Waals surface area contributed by atoms with E-state index in [1.165, 1.54) is 38.5 Å². The second-order valence-electron chi connectivity index (χ2n) is 7.46. The van der Waals surface area contributed by atoms with E-state index in [9.17, 15) is 5.11 Å². The summed E-state index contributed by atoms with van der Waals surface area (Å²) in [6.45, 7) is 8.04. The molecule has 3 aliphatic carbocycles. The van der Waals surface area contributed by atoms with Crippen LogP contribution in [0.5, 0.6) is 0 Å². The summed E-state index contributed by atoms with van der Waals surface area (Å²) >= 11 is 0. The maximum atomic E-state index is 9.61. The Balaban J connectivity index is 2.07. The zero-order chi connectivity index (χ0) is 11.6. The van der Waals surface area contributed by atoms with Gasteiger partial charge in [-0.05, 0) is 60.2 Å². The van der Waals surface area contributed by atoms with Crippen LogP contribution >= 0.6 is 0 Å². The van der Waals surface area contributed by atoms with E-state index in [0.29, 0.717) is 28.8 Å². The molecule has 0 saturated heterocycles. The van der Waals surface area contributed by atoms with E-state index in [-0.39, 0.29) is 0 Å². The Morgan fingerprint density at radius 1 is 1.12 bits per heavy atom. The second-order valence-corrected chi connectivity index (χ2v) is 7.46. The monoisotopic (exact) mass is 222 g/mol. The highest BCUT2D eigenvalue weighted by molar-refractivity contribution is 5.18. The molecule has 0 unspecified atom stereocenters. The van der Waals surface area contributed by atoms with Gasteiger partial charge in [0.1, 0.15) is 0 Å². The maximum absolute atomic E-state index is 9.61. The minimum Gasteiger partial charge on any atom is -0.396 e. The van der Waals surface area contributed by atoms with E-state index in [1.54, 1.807) is 0 Å². The fourth-order valence-electron chi connectivity index (χ4n) is 5.88. The Morgan fingerprint density at radius 3 is 2.56 bits per heavy atom. The summed E-state index contributed by atoms with van der Waals surface area (Å²) < 4.78 is 0. The van der Waals surface area contributed by atoms with Crippen LogP contribution in [0, 0.1) is 28.1 Å². The van der Waals surface area contributed by atoms with E-state index < -0.39 is 0 Å². The summed E-state index contributed by atoms with van der Waals surface area (Å²) in [6, 6.07) is 0. The predicted molar refractivity (Wildman–Crippen MR) is 66.1 cm³/mol. The number of fused-ring (bicyclic) bond motifs is 5. The van der Waals surface area contributed by atoms with Crippen LogP contribution in [0.15, 0.2) is 0 Å². The molecule has 3 fully saturated rings. The lowest BCUT2D eigenvalue weighted by atomic mass is 9.59. The molecule has 2 bridgehead atoms. The summed E-state index contributed by atoms with van der Waals surface area (Å²) in [7, 11) is 0. The first-order chi connectivity index (χ1) is 7.47. The van der Waals surface area contributed by atoms with Crippen LogP contribution in [0.1, 0.15) is 59.3 Å². The van der Waals surface area contributed by atoms with Crippen LogP contribution in [-0.4, -0.2) is 11.7 Å². The molecule has 1 N–H and O–H groups in total. The fraction of sp³-hybridized carbons (Fsp3) is 1.00. The molecule has 3 rings (SSSR count). The van der Waals surface area contributed by atoms with E-state index in [0.717, 1.165) is 5.92 Å². The van der Waals surface area contributed by atoms with Gasteiger partial charge in [-0.3, -0.25) is 0 Å². The molecule has 3 aliphatic rings. The van der Waals surface area contributed by atoms with Gasteiger partial charge in [0.05, 0.1) is 0 Å². The third-order valence-electron chi connectivity index (χ3n) is 7.32. The fourth-order valence-corrected chi connectivity index (χ4v) is 5.88. The molecule has 1 nitrogen and oxygen atoms in total. The lowest BCUT2D eigenvalue weighted by Gasteiger charge is -2.45. The van der Waals surface area contributed by atoms with Crippen LogP contribution in [0.3, 0.4) is 0 Å². The van der Waals surface area contributed by atoms with Gasteiger partial charge in [0.2, 0.25) is 0 Å². The molecule has 3 saturated carbocycles. The molecule has 0 amide bonds. The molecule has 92 valence electrons. The molecule has 1 heteroatoms. The van der Waals surface area contributed by atoms with Crippen molar-refractivity contribution in [3.05, 3.63) is 0 Å². The van der Waals surface area contributed by atoms with Crippen molar-refractivity contribution in [3.8, 4) is 0 Å². The van der Waals surface area contributed by atoms with Crippen molar-refractivity contribution >= 4 is 0 Å². The maximum Gasteiger partial charge on any atom is 0.0462 e. The lowest BCUT2D eigenvalue weighted by molar-refractivity contribution is 0.0305. The SMILES string of the molecule is C[C@@]12CC[C@@H](CO)[C@@H](C1)[C@]1(C)CCC[C@]21C. The van der Waals surface area contributed by atoms with Crippen molar-refractivity contribution in [2.24, 2.45) is 28.1 Å². The zero-order valence-corrected chi connectivity index (χ0v) is 11.1. The highest BCUT2D eigenvalue weighted by Crippen LogP contribution is 2.76. The average Bonchev–Trinajstić information content (AvgIpc) is 2.63. The number of rotatable bonds is 1. The molecule has 0 spiro atoms. The molecule has 0 aromatic rings.